The van der Waals surface area contributed by atoms with Gasteiger partial charge in [0.25, 0.3) is 0 Å². The van der Waals surface area contributed by atoms with Crippen molar-refractivity contribution in [2.24, 2.45) is 0 Å². The van der Waals surface area contributed by atoms with Crippen molar-refractivity contribution in [3.8, 4) is 5.88 Å². The number of methoxy groups -OCH3 is 1. The Hall–Kier alpha value is -1.75. The molecule has 0 saturated carbocycles. The number of carbonyl (C=O) groups is 1. The van der Waals surface area contributed by atoms with E-state index in [-0.39, 0.29) is 5.78 Å². The van der Waals surface area contributed by atoms with E-state index < -0.39 is 0 Å². The van der Waals surface area contributed by atoms with Crippen molar-refractivity contribution in [2.75, 3.05) is 7.11 Å². The molecular formula is C11H10N2O2S. The van der Waals surface area contributed by atoms with E-state index in [1.54, 1.807) is 23.5 Å². The highest BCUT2D eigenvalue weighted by atomic mass is 32.1. The van der Waals surface area contributed by atoms with Crippen LogP contribution >= 0.6 is 11.3 Å². The number of nitrogens with zero attached hydrogens (tertiary/aromatic N) is 2. The normalized spacial score (nSPS) is 10.1. The maximum absolute atomic E-state index is 11.8. The highest BCUT2D eigenvalue weighted by molar-refractivity contribution is 7.10. The van der Waals surface area contributed by atoms with Gasteiger partial charge in [-0.2, -0.15) is 0 Å². The fraction of sp³-hybridized carbons (Fsp3) is 0.182. The Bertz CT molecular complexity index is 465. The zero-order chi connectivity index (χ0) is 11.4. The topological polar surface area (TPSA) is 52.1 Å². The number of rotatable bonds is 4. The molecule has 2 aromatic rings. The number of ketones is 1. The summed E-state index contributed by atoms with van der Waals surface area (Å²) in [5.74, 6) is 0.380. The van der Waals surface area contributed by atoms with Crippen LogP contribution in [0.3, 0.4) is 0 Å². The third kappa shape index (κ3) is 2.43. The maximum atomic E-state index is 11.8. The maximum Gasteiger partial charge on any atom is 0.233 e. The summed E-state index contributed by atoms with van der Waals surface area (Å²) in [7, 11) is 1.51. The van der Waals surface area contributed by atoms with E-state index in [0.29, 0.717) is 18.0 Å². The fourth-order valence-electron chi connectivity index (χ4n) is 1.24. The van der Waals surface area contributed by atoms with Gasteiger partial charge < -0.3 is 4.74 Å². The minimum atomic E-state index is -0.0300. The van der Waals surface area contributed by atoms with Gasteiger partial charge in [-0.25, -0.2) is 0 Å². The summed E-state index contributed by atoms with van der Waals surface area (Å²) in [5, 5.41) is 9.51. The summed E-state index contributed by atoms with van der Waals surface area (Å²) in [6.07, 6.45) is 0.374. The molecule has 0 N–H and O–H groups in total. The Morgan fingerprint density at radius 1 is 1.38 bits per heavy atom. The van der Waals surface area contributed by atoms with Gasteiger partial charge in [-0.3, -0.25) is 4.79 Å². The van der Waals surface area contributed by atoms with Gasteiger partial charge in [0.2, 0.25) is 5.88 Å². The Morgan fingerprint density at radius 2 is 2.25 bits per heavy atom. The van der Waals surface area contributed by atoms with Crippen molar-refractivity contribution in [1.29, 1.82) is 0 Å². The first-order valence-electron chi connectivity index (χ1n) is 4.73. The molecule has 2 rings (SSSR count). The van der Waals surface area contributed by atoms with Crippen LogP contribution in [0.5, 0.6) is 5.88 Å². The monoisotopic (exact) mass is 234 g/mol. The Kier molecular flexibility index (Phi) is 3.26. The number of hydrogen-bond acceptors (Lipinski definition) is 5. The van der Waals surface area contributed by atoms with Crippen LogP contribution in [0, 0.1) is 0 Å². The third-order valence-electron chi connectivity index (χ3n) is 2.05. The average molecular weight is 234 g/mol. The molecular weight excluding hydrogens is 224 g/mol. The van der Waals surface area contributed by atoms with E-state index in [4.69, 9.17) is 4.74 Å². The Morgan fingerprint density at radius 3 is 2.81 bits per heavy atom. The van der Waals surface area contributed by atoms with Crippen molar-refractivity contribution < 1.29 is 9.53 Å². The van der Waals surface area contributed by atoms with Gasteiger partial charge in [-0.1, -0.05) is 6.07 Å². The largest absolute Gasteiger partial charge is 0.480 e. The number of hydrogen-bond donors (Lipinski definition) is 0. The van der Waals surface area contributed by atoms with Gasteiger partial charge in [-0.15, -0.1) is 21.5 Å². The molecule has 0 aliphatic heterocycles. The van der Waals surface area contributed by atoms with Crippen LogP contribution in [0.2, 0.25) is 0 Å². The molecule has 0 aliphatic carbocycles. The SMILES string of the molecule is COc1ccc(C(=O)Cc2cccs2)nn1. The summed E-state index contributed by atoms with van der Waals surface area (Å²) in [5.41, 5.74) is 0.370. The van der Waals surface area contributed by atoms with E-state index in [1.807, 2.05) is 17.5 Å². The first-order valence-corrected chi connectivity index (χ1v) is 5.61. The summed E-state index contributed by atoms with van der Waals surface area (Å²) in [4.78, 5) is 12.8. The van der Waals surface area contributed by atoms with Crippen LogP contribution in [-0.4, -0.2) is 23.1 Å². The number of Topliss-reactive ketones (excluding diaryl/α,β-unsaturated/α-hetero) is 1. The van der Waals surface area contributed by atoms with Crippen molar-refractivity contribution in [3.05, 3.63) is 40.2 Å². The predicted molar refractivity (Wildman–Crippen MR) is 60.9 cm³/mol. The molecule has 16 heavy (non-hydrogen) atoms. The van der Waals surface area contributed by atoms with Crippen LogP contribution in [-0.2, 0) is 6.42 Å². The molecule has 0 aromatic carbocycles. The first-order chi connectivity index (χ1) is 7.79. The molecule has 0 atom stereocenters. The van der Waals surface area contributed by atoms with Crippen molar-refractivity contribution in [2.45, 2.75) is 6.42 Å². The minimum absolute atomic E-state index is 0.0300. The number of aromatic nitrogens is 2. The molecule has 0 radical (unpaired) electrons. The third-order valence-corrected chi connectivity index (χ3v) is 2.93. The lowest BCUT2D eigenvalue weighted by Gasteiger charge is -1.99. The quantitative estimate of drug-likeness (QED) is 0.759. The molecule has 4 nitrogen and oxygen atoms in total. The molecule has 0 spiro atoms. The highest BCUT2D eigenvalue weighted by Gasteiger charge is 2.09. The zero-order valence-corrected chi connectivity index (χ0v) is 9.53. The molecule has 0 unspecified atom stereocenters. The lowest BCUT2D eigenvalue weighted by atomic mass is 10.2. The van der Waals surface area contributed by atoms with Crippen LogP contribution in [0.25, 0.3) is 0 Å². The molecule has 0 saturated heterocycles. The van der Waals surface area contributed by atoms with Crippen LogP contribution in [0.15, 0.2) is 29.6 Å². The minimum Gasteiger partial charge on any atom is -0.480 e. The first kappa shape index (κ1) is 10.8. The summed E-state index contributed by atoms with van der Waals surface area (Å²) in [6, 6.07) is 7.11. The standard InChI is InChI=1S/C11H10N2O2S/c1-15-11-5-4-9(12-13-11)10(14)7-8-3-2-6-16-8/h2-6H,7H2,1H3. The molecule has 0 bridgehead atoms. The summed E-state index contributed by atoms with van der Waals surface area (Å²) in [6.45, 7) is 0. The summed E-state index contributed by atoms with van der Waals surface area (Å²) < 4.78 is 4.87. The highest BCUT2D eigenvalue weighted by Crippen LogP contribution is 2.12. The van der Waals surface area contributed by atoms with E-state index in [2.05, 4.69) is 10.2 Å². The van der Waals surface area contributed by atoms with Gasteiger partial charge >= 0.3 is 0 Å². The number of thiophene rings is 1. The van der Waals surface area contributed by atoms with Crippen LogP contribution in [0.1, 0.15) is 15.4 Å². The van der Waals surface area contributed by atoms with Gasteiger partial charge in [0.1, 0.15) is 5.69 Å². The molecule has 0 amide bonds. The molecule has 5 heteroatoms. The Balaban J connectivity index is 2.09. The molecule has 2 aromatic heterocycles. The fourth-order valence-corrected chi connectivity index (χ4v) is 1.94. The lowest BCUT2D eigenvalue weighted by molar-refractivity contribution is 0.0988. The molecule has 0 aliphatic rings. The van der Waals surface area contributed by atoms with Gasteiger partial charge in [0.05, 0.1) is 7.11 Å². The second kappa shape index (κ2) is 4.85. The van der Waals surface area contributed by atoms with Crippen molar-refractivity contribution in [3.63, 3.8) is 0 Å². The van der Waals surface area contributed by atoms with Crippen molar-refractivity contribution in [1.82, 2.24) is 10.2 Å². The average Bonchev–Trinajstić information content (AvgIpc) is 2.82. The second-order valence-corrected chi connectivity index (χ2v) is 4.17. The van der Waals surface area contributed by atoms with Crippen molar-refractivity contribution >= 4 is 17.1 Å². The smallest absolute Gasteiger partial charge is 0.233 e. The number of ether oxygens (including phenoxy) is 1. The number of carbonyl (C=O) groups excluding carboxylic acids is 1. The van der Waals surface area contributed by atoms with Gasteiger partial charge in [0.15, 0.2) is 5.78 Å². The van der Waals surface area contributed by atoms with E-state index in [9.17, 15) is 4.79 Å². The van der Waals surface area contributed by atoms with Crippen LogP contribution < -0.4 is 4.74 Å². The van der Waals surface area contributed by atoms with E-state index >= 15 is 0 Å². The molecule has 82 valence electrons. The van der Waals surface area contributed by atoms with Gasteiger partial charge in [-0.05, 0) is 17.5 Å². The molecule has 0 fully saturated rings. The van der Waals surface area contributed by atoms with Crippen LogP contribution in [0.4, 0.5) is 0 Å². The Labute approximate surface area is 96.9 Å². The lowest BCUT2D eigenvalue weighted by Crippen LogP contribution is -2.06. The second-order valence-electron chi connectivity index (χ2n) is 3.14. The summed E-state index contributed by atoms with van der Waals surface area (Å²) >= 11 is 1.56. The molecule has 2 heterocycles. The van der Waals surface area contributed by atoms with E-state index in [0.717, 1.165) is 4.88 Å². The van der Waals surface area contributed by atoms with E-state index in [1.165, 1.54) is 7.11 Å². The van der Waals surface area contributed by atoms with Gasteiger partial charge in [0, 0.05) is 17.4 Å². The zero-order valence-electron chi connectivity index (χ0n) is 8.71. The predicted octanol–water partition coefficient (Wildman–Crippen LogP) is 1.97.